The van der Waals surface area contributed by atoms with Crippen LogP contribution < -0.4 is 5.32 Å². The highest BCUT2D eigenvalue weighted by Gasteiger charge is 2.45. The van der Waals surface area contributed by atoms with E-state index in [0.717, 1.165) is 12.8 Å². The molecule has 5 unspecified atom stereocenters. The maximum atomic E-state index is 13.4. The van der Waals surface area contributed by atoms with Crippen molar-refractivity contribution in [1.29, 1.82) is 0 Å². The molecule has 0 spiro atoms. The molecule has 0 aromatic heterocycles. The minimum Gasteiger partial charge on any atom is -0.464 e. The lowest BCUT2D eigenvalue weighted by Gasteiger charge is -2.38. The van der Waals surface area contributed by atoms with Crippen molar-refractivity contribution < 1.29 is 33.8 Å². The molecule has 0 aromatic rings. The summed E-state index contributed by atoms with van der Waals surface area (Å²) in [5.74, 6) is -2.14. The maximum absolute atomic E-state index is 13.4. The van der Waals surface area contributed by atoms with Crippen molar-refractivity contribution in [2.75, 3.05) is 26.2 Å². The van der Waals surface area contributed by atoms with E-state index in [1.165, 1.54) is 14.7 Å². The zero-order valence-corrected chi connectivity index (χ0v) is 18.9. The van der Waals surface area contributed by atoms with Crippen molar-refractivity contribution in [3.8, 4) is 0 Å². The molecule has 0 bridgehead atoms. The molecular formula is C22H32N4O7. The van der Waals surface area contributed by atoms with Gasteiger partial charge in [0.1, 0.15) is 30.8 Å². The molecule has 33 heavy (non-hydrogen) atoms. The van der Waals surface area contributed by atoms with Crippen molar-refractivity contribution in [2.24, 2.45) is 0 Å². The van der Waals surface area contributed by atoms with Crippen LogP contribution in [0.2, 0.25) is 0 Å². The van der Waals surface area contributed by atoms with Crippen LogP contribution in [-0.4, -0.2) is 106 Å². The predicted octanol–water partition coefficient (Wildman–Crippen LogP) is -1.23. The number of carbonyl (C=O) groups is 5. The Morgan fingerprint density at radius 3 is 2.36 bits per heavy atom. The van der Waals surface area contributed by atoms with Crippen LogP contribution >= 0.6 is 0 Å². The van der Waals surface area contributed by atoms with Crippen molar-refractivity contribution in [3.63, 3.8) is 0 Å². The second-order valence-electron chi connectivity index (χ2n) is 9.33. The number of piperidine rings is 1. The van der Waals surface area contributed by atoms with E-state index in [2.05, 4.69) is 5.32 Å². The highest BCUT2D eigenvalue weighted by Crippen LogP contribution is 2.26. The van der Waals surface area contributed by atoms with Gasteiger partial charge in [0.05, 0.1) is 12.5 Å². The normalized spacial score (nSPS) is 34.5. The minimum absolute atomic E-state index is 0.0236. The molecule has 5 atom stereocenters. The van der Waals surface area contributed by atoms with E-state index < -0.39 is 48.1 Å². The van der Waals surface area contributed by atoms with Gasteiger partial charge in [-0.15, -0.1) is 0 Å². The molecule has 4 rings (SSSR count). The smallest absolute Gasteiger partial charge is 0.328 e. The first-order chi connectivity index (χ1) is 15.8. The Kier molecular flexibility index (Phi) is 6.87. The summed E-state index contributed by atoms with van der Waals surface area (Å²) < 4.78 is 5.29. The molecule has 0 aromatic carbocycles. The number of ether oxygens (including phenoxy) is 1. The van der Waals surface area contributed by atoms with Crippen LogP contribution in [0.25, 0.3) is 0 Å². The summed E-state index contributed by atoms with van der Waals surface area (Å²) in [4.78, 5) is 69.2. The van der Waals surface area contributed by atoms with E-state index in [4.69, 9.17) is 4.74 Å². The average Bonchev–Trinajstić information content (AvgIpc) is 3.44. The van der Waals surface area contributed by atoms with Gasteiger partial charge >= 0.3 is 5.97 Å². The predicted molar refractivity (Wildman–Crippen MR) is 113 cm³/mol. The van der Waals surface area contributed by atoms with Crippen LogP contribution in [0.1, 0.15) is 51.9 Å². The number of nitrogens with one attached hydrogen (secondary N) is 1. The fourth-order valence-corrected chi connectivity index (χ4v) is 5.36. The lowest BCUT2D eigenvalue weighted by molar-refractivity contribution is -0.156. The molecule has 4 fully saturated rings. The second-order valence-corrected chi connectivity index (χ2v) is 9.33. The third kappa shape index (κ3) is 4.68. The quantitative estimate of drug-likeness (QED) is 0.429. The van der Waals surface area contributed by atoms with Crippen LogP contribution in [-0.2, 0) is 28.7 Å². The number of aliphatic hydroxyl groups excluding tert-OH is 1. The molecule has 4 aliphatic rings. The highest BCUT2D eigenvalue weighted by atomic mass is 16.5. The maximum Gasteiger partial charge on any atom is 0.328 e. The topological polar surface area (TPSA) is 137 Å². The van der Waals surface area contributed by atoms with Crippen molar-refractivity contribution in [1.82, 2.24) is 20.0 Å². The molecule has 4 amide bonds. The van der Waals surface area contributed by atoms with Crippen LogP contribution in [0.4, 0.5) is 0 Å². The lowest BCUT2D eigenvalue weighted by Crippen LogP contribution is -2.59. The number of rotatable bonds is 0. The number of esters is 1. The third-order valence-corrected chi connectivity index (χ3v) is 7.07. The number of cyclic esters (lactones) is 1. The number of carbonyl (C=O) groups excluding carboxylic acids is 5. The first-order valence-corrected chi connectivity index (χ1v) is 11.8. The van der Waals surface area contributed by atoms with Gasteiger partial charge in [-0.25, -0.2) is 4.79 Å². The Balaban J connectivity index is 1.62. The third-order valence-electron chi connectivity index (χ3n) is 7.07. The summed E-state index contributed by atoms with van der Waals surface area (Å²) in [6, 6.07) is -3.21. The van der Waals surface area contributed by atoms with Gasteiger partial charge in [0, 0.05) is 26.1 Å². The minimum atomic E-state index is -0.867. The summed E-state index contributed by atoms with van der Waals surface area (Å²) in [5.41, 5.74) is 0. The van der Waals surface area contributed by atoms with Gasteiger partial charge in [0.25, 0.3) is 0 Å². The fraction of sp³-hybridized carbons (Fsp3) is 0.773. The first kappa shape index (κ1) is 23.5. The monoisotopic (exact) mass is 464 g/mol. The molecule has 182 valence electrons. The first-order valence-electron chi connectivity index (χ1n) is 11.8. The number of amides is 4. The Bertz CT molecular complexity index is 834. The van der Waals surface area contributed by atoms with E-state index >= 15 is 0 Å². The zero-order chi connectivity index (χ0) is 23.7. The number of hydrogen-bond acceptors (Lipinski definition) is 7. The van der Waals surface area contributed by atoms with E-state index in [-0.39, 0.29) is 37.8 Å². The highest BCUT2D eigenvalue weighted by molar-refractivity contribution is 5.95. The van der Waals surface area contributed by atoms with E-state index in [0.29, 0.717) is 32.4 Å². The lowest BCUT2D eigenvalue weighted by atomic mass is 9.99. The molecule has 0 aliphatic carbocycles. The van der Waals surface area contributed by atoms with Crippen LogP contribution in [0.3, 0.4) is 0 Å². The van der Waals surface area contributed by atoms with Gasteiger partial charge in [-0.1, -0.05) is 0 Å². The van der Waals surface area contributed by atoms with Crippen LogP contribution in [0.15, 0.2) is 0 Å². The fourth-order valence-electron chi connectivity index (χ4n) is 5.36. The van der Waals surface area contributed by atoms with E-state index in [1.54, 1.807) is 6.92 Å². The Labute approximate surface area is 192 Å². The molecule has 11 heteroatoms. The molecule has 4 heterocycles. The van der Waals surface area contributed by atoms with Gasteiger partial charge in [-0.2, -0.15) is 0 Å². The molecular weight excluding hydrogens is 432 g/mol. The molecule has 0 saturated carbocycles. The molecule has 11 nitrogen and oxygen atoms in total. The van der Waals surface area contributed by atoms with Crippen molar-refractivity contribution >= 4 is 29.6 Å². The SMILES string of the molecule is CC1NC(=O)C2CCCCN2C(=O)C2CC(O)CN2C(=O)CCOC(=O)C2CCCN2C1=O. The van der Waals surface area contributed by atoms with Gasteiger partial charge in [-0.05, 0) is 39.0 Å². The Morgan fingerprint density at radius 2 is 1.58 bits per heavy atom. The number of fused-ring (bicyclic) bond motifs is 3. The summed E-state index contributed by atoms with van der Waals surface area (Å²) in [6.07, 6.45) is 2.20. The van der Waals surface area contributed by atoms with Crippen molar-refractivity contribution in [3.05, 3.63) is 0 Å². The summed E-state index contributed by atoms with van der Waals surface area (Å²) in [6.45, 7) is 2.20. The average molecular weight is 465 g/mol. The molecule has 2 N–H and O–H groups in total. The molecule has 4 saturated heterocycles. The van der Waals surface area contributed by atoms with Gasteiger partial charge in [0.15, 0.2) is 0 Å². The van der Waals surface area contributed by atoms with E-state index in [1.807, 2.05) is 0 Å². The van der Waals surface area contributed by atoms with E-state index in [9.17, 15) is 29.1 Å². The number of nitrogens with zero attached hydrogens (tertiary/aromatic N) is 3. The van der Waals surface area contributed by atoms with Crippen LogP contribution in [0.5, 0.6) is 0 Å². The van der Waals surface area contributed by atoms with Gasteiger partial charge in [-0.3, -0.25) is 19.2 Å². The van der Waals surface area contributed by atoms with Crippen LogP contribution in [0, 0.1) is 0 Å². The summed E-state index contributed by atoms with van der Waals surface area (Å²) in [5, 5.41) is 12.9. The Hall–Kier alpha value is -2.69. The van der Waals surface area contributed by atoms with Gasteiger partial charge in [0.2, 0.25) is 23.6 Å². The number of aliphatic hydroxyl groups is 1. The number of hydrogen-bond donors (Lipinski definition) is 2. The Morgan fingerprint density at radius 1 is 0.879 bits per heavy atom. The van der Waals surface area contributed by atoms with Crippen molar-refractivity contribution in [2.45, 2.75) is 82.1 Å². The molecule has 4 aliphatic heterocycles. The van der Waals surface area contributed by atoms with Gasteiger partial charge < -0.3 is 29.9 Å². The second kappa shape index (κ2) is 9.66. The largest absolute Gasteiger partial charge is 0.464 e. The summed E-state index contributed by atoms with van der Waals surface area (Å²) in [7, 11) is 0. The standard InChI is InChI=1S/C22H32N4O7/c1-13-20(30)25-9-4-6-16(25)22(32)33-10-7-18(28)26-12-14(27)11-17(26)21(31)24-8-3-2-5-15(24)19(29)23-13/h13-17,27H,2-12H2,1H3,(H,23,29). The molecule has 0 radical (unpaired) electrons. The summed E-state index contributed by atoms with van der Waals surface area (Å²) >= 11 is 0. The zero-order valence-electron chi connectivity index (χ0n) is 18.9.